The fraction of sp³-hybridized carbons (Fsp3) is 0.500. The molecule has 1 aromatic rings. The van der Waals surface area contributed by atoms with Gasteiger partial charge in [0.15, 0.2) is 0 Å². The second-order valence-electron chi connectivity index (χ2n) is 4.67. The van der Waals surface area contributed by atoms with Gasteiger partial charge in [0, 0.05) is 11.4 Å². The molecule has 0 N–H and O–H groups in total. The lowest BCUT2D eigenvalue weighted by atomic mass is 9.61. The van der Waals surface area contributed by atoms with Gasteiger partial charge < -0.3 is 4.74 Å². The molecule has 0 aliphatic heterocycles. The minimum atomic E-state index is -0.293. The molecular formula is C14H16BrClO2. The van der Waals surface area contributed by atoms with Crippen molar-refractivity contribution in [1.82, 2.24) is 0 Å². The fourth-order valence-corrected chi connectivity index (χ4v) is 3.37. The van der Waals surface area contributed by atoms with E-state index >= 15 is 0 Å². The molecule has 2 nitrogen and oxygen atoms in total. The molecule has 0 spiro atoms. The van der Waals surface area contributed by atoms with Gasteiger partial charge in [0.05, 0.1) is 9.89 Å². The number of carbonyl (C=O) groups excluding carboxylic acids is 1. The van der Waals surface area contributed by atoms with Gasteiger partial charge in [-0.05, 0) is 47.0 Å². The van der Waals surface area contributed by atoms with Crippen LogP contribution in [0, 0.1) is 5.41 Å². The summed E-state index contributed by atoms with van der Waals surface area (Å²) in [5, 5.41) is 0.663. The second-order valence-corrected chi connectivity index (χ2v) is 5.96. The van der Waals surface area contributed by atoms with Crippen LogP contribution in [-0.2, 0) is 4.79 Å². The Balaban J connectivity index is 2.17. The maximum atomic E-state index is 11.8. The molecule has 0 amide bonds. The number of halogens is 2. The SMILES string of the molecule is CCC1(CC)C(=O)CC1Oc1ccc(Cl)cc1Br. The van der Waals surface area contributed by atoms with Crippen molar-refractivity contribution in [2.45, 2.75) is 39.2 Å². The number of Topliss-reactive ketones (excluding diaryl/α,β-unsaturated/α-hetero) is 1. The maximum Gasteiger partial charge on any atom is 0.146 e. The topological polar surface area (TPSA) is 26.3 Å². The monoisotopic (exact) mass is 330 g/mol. The Hall–Kier alpha value is -0.540. The van der Waals surface area contributed by atoms with Crippen molar-refractivity contribution in [1.29, 1.82) is 0 Å². The van der Waals surface area contributed by atoms with E-state index in [1.807, 2.05) is 19.9 Å². The molecular weight excluding hydrogens is 316 g/mol. The summed E-state index contributed by atoms with van der Waals surface area (Å²) in [5.74, 6) is 1.07. The van der Waals surface area contributed by atoms with Crippen molar-refractivity contribution >= 4 is 33.3 Å². The van der Waals surface area contributed by atoms with Gasteiger partial charge in [0.25, 0.3) is 0 Å². The lowest BCUT2D eigenvalue weighted by molar-refractivity contribution is -0.153. The van der Waals surface area contributed by atoms with Gasteiger partial charge >= 0.3 is 0 Å². The summed E-state index contributed by atoms with van der Waals surface area (Å²) in [6, 6.07) is 5.43. The van der Waals surface area contributed by atoms with E-state index < -0.39 is 0 Å². The molecule has 0 saturated heterocycles. The van der Waals surface area contributed by atoms with E-state index in [1.165, 1.54) is 0 Å². The van der Waals surface area contributed by atoms with E-state index in [1.54, 1.807) is 12.1 Å². The third-order valence-corrected chi connectivity index (χ3v) is 4.82. The minimum Gasteiger partial charge on any atom is -0.488 e. The normalized spacial score (nSPS) is 21.6. The predicted octanol–water partition coefficient (Wildman–Crippen LogP) is 4.63. The first-order valence-corrected chi connectivity index (χ1v) is 7.35. The van der Waals surface area contributed by atoms with Crippen molar-refractivity contribution in [2.75, 3.05) is 0 Å². The van der Waals surface area contributed by atoms with Crippen LogP contribution in [0.3, 0.4) is 0 Å². The largest absolute Gasteiger partial charge is 0.488 e. The Morgan fingerprint density at radius 3 is 2.61 bits per heavy atom. The Kier molecular flexibility index (Phi) is 4.02. The first kappa shape index (κ1) is 13.9. The Morgan fingerprint density at radius 2 is 2.11 bits per heavy atom. The van der Waals surface area contributed by atoms with Gasteiger partial charge in [-0.3, -0.25) is 4.79 Å². The molecule has 18 heavy (non-hydrogen) atoms. The van der Waals surface area contributed by atoms with E-state index in [9.17, 15) is 4.79 Å². The molecule has 1 atom stereocenters. The summed E-state index contributed by atoms with van der Waals surface area (Å²) < 4.78 is 6.81. The van der Waals surface area contributed by atoms with Crippen LogP contribution in [0.5, 0.6) is 5.75 Å². The standard InChI is InChI=1S/C14H16BrClO2/c1-3-14(4-2)12(17)8-13(14)18-11-6-5-9(16)7-10(11)15/h5-7,13H,3-4,8H2,1-2H3. The summed E-state index contributed by atoms with van der Waals surface area (Å²) >= 11 is 9.33. The van der Waals surface area contributed by atoms with Gasteiger partial charge in [-0.15, -0.1) is 0 Å². The molecule has 1 aromatic carbocycles. The molecule has 0 aromatic heterocycles. The van der Waals surface area contributed by atoms with Crippen LogP contribution in [0.1, 0.15) is 33.1 Å². The third-order valence-electron chi connectivity index (χ3n) is 3.97. The first-order valence-electron chi connectivity index (χ1n) is 6.18. The van der Waals surface area contributed by atoms with Gasteiger partial charge in [0.2, 0.25) is 0 Å². The molecule has 1 saturated carbocycles. The average Bonchev–Trinajstić information content (AvgIpc) is 2.33. The zero-order valence-corrected chi connectivity index (χ0v) is 12.8. The summed E-state index contributed by atoms with van der Waals surface area (Å²) in [5.41, 5.74) is -0.293. The van der Waals surface area contributed by atoms with Gasteiger partial charge in [0.1, 0.15) is 17.6 Å². The highest BCUT2D eigenvalue weighted by Gasteiger charge is 2.53. The Morgan fingerprint density at radius 1 is 1.44 bits per heavy atom. The minimum absolute atomic E-state index is 0.0162. The van der Waals surface area contributed by atoms with Crippen LogP contribution in [0.4, 0.5) is 0 Å². The third kappa shape index (κ3) is 2.19. The highest BCUT2D eigenvalue weighted by Crippen LogP contribution is 2.46. The van der Waals surface area contributed by atoms with Crippen LogP contribution in [0.15, 0.2) is 22.7 Å². The zero-order valence-electron chi connectivity index (χ0n) is 10.5. The lowest BCUT2D eigenvalue weighted by Gasteiger charge is -2.46. The van der Waals surface area contributed by atoms with Crippen molar-refractivity contribution in [3.8, 4) is 5.75 Å². The van der Waals surface area contributed by atoms with Crippen molar-refractivity contribution in [3.63, 3.8) is 0 Å². The average molecular weight is 332 g/mol. The van der Waals surface area contributed by atoms with Gasteiger partial charge in [-0.1, -0.05) is 25.4 Å². The van der Waals surface area contributed by atoms with E-state index in [-0.39, 0.29) is 11.5 Å². The molecule has 1 unspecified atom stereocenters. The van der Waals surface area contributed by atoms with E-state index in [2.05, 4.69) is 15.9 Å². The zero-order chi connectivity index (χ0) is 13.3. The summed E-state index contributed by atoms with van der Waals surface area (Å²) in [4.78, 5) is 11.8. The van der Waals surface area contributed by atoms with Crippen LogP contribution in [0.25, 0.3) is 0 Å². The van der Waals surface area contributed by atoms with E-state index in [0.717, 1.165) is 23.1 Å². The molecule has 98 valence electrons. The van der Waals surface area contributed by atoms with Crippen molar-refractivity contribution in [3.05, 3.63) is 27.7 Å². The Labute approximate surface area is 121 Å². The first-order chi connectivity index (χ1) is 8.53. The van der Waals surface area contributed by atoms with Crippen LogP contribution in [-0.4, -0.2) is 11.9 Å². The molecule has 0 bridgehead atoms. The number of carbonyl (C=O) groups is 1. The lowest BCUT2D eigenvalue weighted by Crippen LogP contribution is -2.56. The molecule has 0 radical (unpaired) electrons. The number of rotatable bonds is 4. The highest BCUT2D eigenvalue weighted by atomic mass is 79.9. The van der Waals surface area contributed by atoms with Crippen molar-refractivity contribution < 1.29 is 9.53 Å². The highest BCUT2D eigenvalue weighted by molar-refractivity contribution is 9.10. The van der Waals surface area contributed by atoms with Gasteiger partial charge in [-0.2, -0.15) is 0 Å². The molecule has 2 rings (SSSR count). The second kappa shape index (κ2) is 5.22. The number of hydrogen-bond acceptors (Lipinski definition) is 2. The van der Waals surface area contributed by atoms with E-state index in [0.29, 0.717) is 17.2 Å². The van der Waals surface area contributed by atoms with Crippen LogP contribution in [0.2, 0.25) is 5.02 Å². The molecule has 4 heteroatoms. The molecule has 1 aliphatic carbocycles. The molecule has 1 fully saturated rings. The van der Waals surface area contributed by atoms with Gasteiger partial charge in [-0.25, -0.2) is 0 Å². The number of benzene rings is 1. The number of ether oxygens (including phenoxy) is 1. The predicted molar refractivity (Wildman–Crippen MR) is 76.2 cm³/mol. The molecule has 0 heterocycles. The van der Waals surface area contributed by atoms with Crippen LogP contribution >= 0.6 is 27.5 Å². The quantitative estimate of drug-likeness (QED) is 0.804. The fourth-order valence-electron chi connectivity index (χ4n) is 2.59. The number of ketones is 1. The maximum absolute atomic E-state index is 11.8. The molecule has 1 aliphatic rings. The summed E-state index contributed by atoms with van der Waals surface area (Å²) in [6.07, 6.45) is 2.16. The van der Waals surface area contributed by atoms with E-state index in [4.69, 9.17) is 16.3 Å². The smallest absolute Gasteiger partial charge is 0.146 e. The Bertz CT molecular complexity index is 469. The summed E-state index contributed by atoms with van der Waals surface area (Å²) in [6.45, 7) is 4.10. The van der Waals surface area contributed by atoms with Crippen LogP contribution < -0.4 is 4.74 Å². The summed E-state index contributed by atoms with van der Waals surface area (Å²) in [7, 11) is 0. The van der Waals surface area contributed by atoms with Crippen molar-refractivity contribution in [2.24, 2.45) is 5.41 Å². The number of hydrogen-bond donors (Lipinski definition) is 0.